The summed E-state index contributed by atoms with van der Waals surface area (Å²) in [4.78, 5) is 26.0. The van der Waals surface area contributed by atoms with E-state index in [-0.39, 0.29) is 17.9 Å². The fourth-order valence-corrected chi connectivity index (χ4v) is 1.43. The van der Waals surface area contributed by atoms with E-state index in [0.29, 0.717) is 5.69 Å². The van der Waals surface area contributed by atoms with Crippen molar-refractivity contribution in [2.24, 2.45) is 0 Å². The molecule has 19 heavy (non-hydrogen) atoms. The molecule has 0 aliphatic rings. The van der Waals surface area contributed by atoms with Gasteiger partial charge < -0.3 is 15.5 Å². The van der Waals surface area contributed by atoms with Crippen LogP contribution < -0.4 is 5.32 Å². The lowest BCUT2D eigenvalue weighted by molar-refractivity contribution is -0.137. The number of carbonyl (C=O) groups is 2. The van der Waals surface area contributed by atoms with Crippen LogP contribution in [0.5, 0.6) is 5.75 Å². The molecule has 0 fully saturated rings. The fraction of sp³-hybridized carbons (Fsp3) is 0.0909. The molecule has 8 heteroatoms. The largest absolute Gasteiger partial charge is 0.505 e. The third-order valence-electron chi connectivity index (χ3n) is 2.23. The van der Waals surface area contributed by atoms with E-state index in [1.54, 1.807) is 0 Å². The molecular weight excluding hydrogens is 252 g/mol. The Labute approximate surface area is 107 Å². The summed E-state index contributed by atoms with van der Waals surface area (Å²) in [6.07, 6.45) is 5.23. The van der Waals surface area contributed by atoms with Crippen molar-refractivity contribution < 1.29 is 19.8 Å². The second-order valence-corrected chi connectivity index (χ2v) is 3.67. The number of carbonyl (C=O) groups excluding carboxylic acids is 1. The molecule has 2 aromatic heterocycles. The van der Waals surface area contributed by atoms with Crippen LogP contribution in [0.2, 0.25) is 0 Å². The van der Waals surface area contributed by atoms with E-state index in [1.165, 1.54) is 29.3 Å². The molecular formula is C11H10N4O4. The van der Waals surface area contributed by atoms with Crippen LogP contribution in [-0.4, -0.2) is 36.9 Å². The number of hydrogen-bond donors (Lipinski definition) is 3. The number of pyridine rings is 1. The average Bonchev–Trinajstić information content (AvgIpc) is 2.76. The minimum absolute atomic E-state index is 0.0704. The highest BCUT2D eigenvalue weighted by Gasteiger charge is 2.12. The maximum Gasteiger partial charge on any atom is 0.325 e. The van der Waals surface area contributed by atoms with Gasteiger partial charge in [0.25, 0.3) is 5.91 Å². The normalized spacial score (nSPS) is 10.1. The standard InChI is InChI=1S/C11H10N4O4/c16-9-4-12-2-1-8(9)11(19)14-7-3-13-15(5-7)6-10(17)18/h1-5,16H,6H2,(H,14,19)(H,17,18). The average molecular weight is 262 g/mol. The highest BCUT2D eigenvalue weighted by atomic mass is 16.4. The zero-order valence-electron chi connectivity index (χ0n) is 9.65. The number of aromatic nitrogens is 3. The maximum absolute atomic E-state index is 11.8. The van der Waals surface area contributed by atoms with Gasteiger partial charge in [0.15, 0.2) is 0 Å². The van der Waals surface area contributed by atoms with Crippen LogP contribution in [0, 0.1) is 0 Å². The molecule has 2 heterocycles. The van der Waals surface area contributed by atoms with E-state index in [1.807, 2.05) is 0 Å². The van der Waals surface area contributed by atoms with E-state index in [4.69, 9.17) is 5.11 Å². The van der Waals surface area contributed by atoms with E-state index >= 15 is 0 Å². The molecule has 1 amide bonds. The van der Waals surface area contributed by atoms with Gasteiger partial charge in [0, 0.05) is 12.4 Å². The van der Waals surface area contributed by atoms with Gasteiger partial charge in [0.05, 0.1) is 23.6 Å². The summed E-state index contributed by atoms with van der Waals surface area (Å²) < 4.78 is 1.17. The Hall–Kier alpha value is -2.90. The van der Waals surface area contributed by atoms with Gasteiger partial charge in [-0.05, 0) is 6.07 Å². The molecule has 0 saturated carbocycles. The molecule has 2 aromatic rings. The Morgan fingerprint density at radius 1 is 1.37 bits per heavy atom. The quantitative estimate of drug-likeness (QED) is 0.730. The number of nitrogens with zero attached hydrogens (tertiary/aromatic N) is 3. The van der Waals surface area contributed by atoms with Gasteiger partial charge in [-0.1, -0.05) is 0 Å². The molecule has 2 rings (SSSR count). The van der Waals surface area contributed by atoms with Crippen molar-refractivity contribution in [2.45, 2.75) is 6.54 Å². The van der Waals surface area contributed by atoms with E-state index < -0.39 is 11.9 Å². The Bertz CT molecular complexity index is 623. The molecule has 0 spiro atoms. The third kappa shape index (κ3) is 3.06. The van der Waals surface area contributed by atoms with Crippen LogP contribution in [0.1, 0.15) is 10.4 Å². The zero-order chi connectivity index (χ0) is 13.8. The summed E-state index contributed by atoms with van der Waals surface area (Å²) in [5, 5.41) is 24.3. The number of anilines is 1. The van der Waals surface area contributed by atoms with Gasteiger partial charge in [-0.25, -0.2) is 0 Å². The van der Waals surface area contributed by atoms with E-state index in [9.17, 15) is 14.7 Å². The number of hydrogen-bond acceptors (Lipinski definition) is 5. The lowest BCUT2D eigenvalue weighted by Gasteiger charge is -2.03. The van der Waals surface area contributed by atoms with Gasteiger partial charge in [-0.3, -0.25) is 19.3 Å². The number of aromatic hydroxyl groups is 1. The van der Waals surface area contributed by atoms with Crippen molar-refractivity contribution in [3.05, 3.63) is 36.4 Å². The molecule has 0 radical (unpaired) electrons. The second kappa shape index (κ2) is 5.17. The summed E-state index contributed by atoms with van der Waals surface area (Å²) in [5.74, 6) is -1.81. The molecule has 3 N–H and O–H groups in total. The monoisotopic (exact) mass is 262 g/mol. The molecule has 8 nitrogen and oxygen atoms in total. The highest BCUT2D eigenvalue weighted by Crippen LogP contribution is 2.16. The van der Waals surface area contributed by atoms with Crippen molar-refractivity contribution in [2.75, 3.05) is 5.32 Å². The summed E-state index contributed by atoms with van der Waals surface area (Å²) in [7, 11) is 0. The Kier molecular flexibility index (Phi) is 3.42. The molecule has 0 aliphatic heterocycles. The molecule has 0 saturated heterocycles. The van der Waals surface area contributed by atoms with Crippen LogP contribution in [-0.2, 0) is 11.3 Å². The summed E-state index contributed by atoms with van der Waals surface area (Å²) >= 11 is 0. The third-order valence-corrected chi connectivity index (χ3v) is 2.23. The number of nitrogens with one attached hydrogen (secondary N) is 1. The fourth-order valence-electron chi connectivity index (χ4n) is 1.43. The number of amides is 1. The van der Waals surface area contributed by atoms with Crippen molar-refractivity contribution in [3.63, 3.8) is 0 Å². The molecule has 0 atom stereocenters. The van der Waals surface area contributed by atoms with Crippen molar-refractivity contribution in [1.29, 1.82) is 0 Å². The minimum atomic E-state index is -1.03. The van der Waals surface area contributed by atoms with Crippen LogP contribution in [0.4, 0.5) is 5.69 Å². The van der Waals surface area contributed by atoms with Gasteiger partial charge in [0.1, 0.15) is 12.3 Å². The van der Waals surface area contributed by atoms with Crippen LogP contribution in [0.15, 0.2) is 30.9 Å². The first-order valence-corrected chi connectivity index (χ1v) is 5.25. The predicted octanol–water partition coefficient (Wildman–Crippen LogP) is 0.321. The predicted molar refractivity (Wildman–Crippen MR) is 63.7 cm³/mol. The molecule has 98 valence electrons. The van der Waals surface area contributed by atoms with Crippen molar-refractivity contribution in [3.8, 4) is 5.75 Å². The van der Waals surface area contributed by atoms with Crippen molar-refractivity contribution in [1.82, 2.24) is 14.8 Å². The maximum atomic E-state index is 11.8. The van der Waals surface area contributed by atoms with E-state index in [0.717, 1.165) is 6.20 Å². The first kappa shape index (κ1) is 12.6. The van der Waals surface area contributed by atoms with Crippen LogP contribution in [0.3, 0.4) is 0 Å². The first-order valence-electron chi connectivity index (χ1n) is 5.25. The minimum Gasteiger partial charge on any atom is -0.505 e. The van der Waals surface area contributed by atoms with Crippen molar-refractivity contribution >= 4 is 17.6 Å². The Morgan fingerprint density at radius 3 is 2.84 bits per heavy atom. The molecule has 0 aliphatic carbocycles. The van der Waals surface area contributed by atoms with Gasteiger partial charge in [0.2, 0.25) is 0 Å². The number of rotatable bonds is 4. The summed E-state index contributed by atoms with van der Waals surface area (Å²) in [6, 6.07) is 1.37. The van der Waals surface area contributed by atoms with Crippen LogP contribution in [0.25, 0.3) is 0 Å². The number of carboxylic acids is 1. The van der Waals surface area contributed by atoms with Crippen LogP contribution >= 0.6 is 0 Å². The summed E-state index contributed by atoms with van der Waals surface area (Å²) in [6.45, 7) is -0.295. The number of aliphatic carboxylic acids is 1. The SMILES string of the molecule is O=C(O)Cn1cc(NC(=O)c2ccncc2O)cn1. The highest BCUT2D eigenvalue weighted by molar-refractivity contribution is 6.05. The zero-order valence-corrected chi connectivity index (χ0v) is 9.65. The molecule has 0 unspecified atom stereocenters. The number of carboxylic acid groups (broad SMARTS) is 1. The van der Waals surface area contributed by atoms with E-state index in [2.05, 4.69) is 15.4 Å². The molecule has 0 aromatic carbocycles. The summed E-state index contributed by atoms with van der Waals surface area (Å²) in [5.41, 5.74) is 0.406. The smallest absolute Gasteiger partial charge is 0.325 e. The second-order valence-electron chi connectivity index (χ2n) is 3.67. The Morgan fingerprint density at radius 2 is 2.16 bits per heavy atom. The lowest BCUT2D eigenvalue weighted by atomic mass is 10.2. The topological polar surface area (TPSA) is 117 Å². The van der Waals surface area contributed by atoms with Gasteiger partial charge >= 0.3 is 5.97 Å². The lowest BCUT2D eigenvalue weighted by Crippen LogP contribution is -2.12. The first-order chi connectivity index (χ1) is 9.06. The molecule has 0 bridgehead atoms. The Balaban J connectivity index is 2.09. The van der Waals surface area contributed by atoms with Gasteiger partial charge in [-0.2, -0.15) is 5.10 Å². The van der Waals surface area contributed by atoms with Gasteiger partial charge in [-0.15, -0.1) is 0 Å².